The molecule has 8 heteroatoms. The molecule has 4 rings (SSSR count). The van der Waals surface area contributed by atoms with E-state index in [4.69, 9.17) is 9.26 Å². The fourth-order valence-electron chi connectivity index (χ4n) is 4.05. The second-order valence-electron chi connectivity index (χ2n) is 8.12. The maximum atomic E-state index is 14.8. The fourth-order valence-corrected chi connectivity index (χ4v) is 6.45. The van der Waals surface area contributed by atoms with Gasteiger partial charge >= 0.3 is 0 Å². The van der Waals surface area contributed by atoms with E-state index in [-0.39, 0.29) is 17.6 Å². The second-order valence-corrected chi connectivity index (χ2v) is 10.4. The summed E-state index contributed by atoms with van der Waals surface area (Å²) < 4.78 is 26.2. The number of hydrogen-bond acceptors (Lipinski definition) is 5. The Hall–Kier alpha value is -3.51. The average molecular weight is 505 g/mol. The van der Waals surface area contributed by atoms with Crippen LogP contribution in [0.1, 0.15) is 22.8 Å². The molecule has 0 aromatic heterocycles. The normalized spacial score (nSPS) is 16.0. The summed E-state index contributed by atoms with van der Waals surface area (Å²) in [5, 5.41) is 3.42. The van der Waals surface area contributed by atoms with Crippen LogP contribution in [0.5, 0.6) is 0 Å². The zero-order chi connectivity index (χ0) is 25.4. The van der Waals surface area contributed by atoms with E-state index in [0.29, 0.717) is 42.7 Å². The third-order valence-corrected chi connectivity index (χ3v) is 8.44. The van der Waals surface area contributed by atoms with Gasteiger partial charge in [0.05, 0.1) is 25.1 Å². The molecule has 1 saturated heterocycles. The molecule has 36 heavy (non-hydrogen) atoms. The molecule has 1 aliphatic heterocycles. The van der Waals surface area contributed by atoms with Gasteiger partial charge in [-0.25, -0.2) is 0 Å². The smallest absolute Gasteiger partial charge is 0.271 e. The van der Waals surface area contributed by atoms with Crippen molar-refractivity contribution >= 4 is 29.8 Å². The van der Waals surface area contributed by atoms with Gasteiger partial charge in [-0.1, -0.05) is 66.7 Å². The molecule has 7 nitrogen and oxygen atoms in total. The molecule has 0 saturated carbocycles. The number of nitrogens with zero attached hydrogens (tertiary/aromatic N) is 1. The summed E-state index contributed by atoms with van der Waals surface area (Å²) in [5.41, 5.74) is 0.851. The Kier molecular flexibility index (Phi) is 8.49. The predicted octanol–water partition coefficient (Wildman–Crippen LogP) is 4.28. The molecule has 1 heterocycles. The number of morpholine rings is 1. The van der Waals surface area contributed by atoms with Crippen molar-refractivity contribution in [2.45, 2.75) is 6.92 Å². The van der Waals surface area contributed by atoms with Gasteiger partial charge in [0.2, 0.25) is 0 Å². The van der Waals surface area contributed by atoms with E-state index in [1.807, 2.05) is 12.1 Å². The lowest BCUT2D eigenvalue weighted by Gasteiger charge is -2.30. The Bertz CT molecular complexity index is 1260. The molecule has 1 N–H and O–H groups in total. The molecule has 0 spiro atoms. The molecule has 3 aromatic carbocycles. The van der Waals surface area contributed by atoms with E-state index >= 15 is 0 Å². The molecule has 3 aromatic rings. The summed E-state index contributed by atoms with van der Waals surface area (Å²) in [6.07, 6.45) is 0. The highest BCUT2D eigenvalue weighted by Gasteiger charge is 2.38. The lowest BCUT2D eigenvalue weighted by Crippen LogP contribution is -2.45. The Balaban J connectivity index is 1.97. The maximum absolute atomic E-state index is 14.8. The van der Waals surface area contributed by atoms with Crippen LogP contribution in [-0.2, 0) is 18.6 Å². The molecule has 0 aliphatic carbocycles. The fraction of sp³-hybridized carbons (Fsp3) is 0.214. The van der Waals surface area contributed by atoms with Crippen LogP contribution in [0.3, 0.4) is 0 Å². The molecule has 0 radical (unpaired) electrons. The van der Waals surface area contributed by atoms with Crippen molar-refractivity contribution in [1.29, 1.82) is 0 Å². The first-order valence-electron chi connectivity index (χ1n) is 11.9. The number of amides is 2. The van der Waals surface area contributed by atoms with Crippen LogP contribution >= 0.6 is 7.37 Å². The number of rotatable bonds is 8. The predicted molar refractivity (Wildman–Crippen MR) is 140 cm³/mol. The lowest BCUT2D eigenvalue weighted by molar-refractivity contribution is -0.131. The highest BCUT2D eigenvalue weighted by atomic mass is 31.2. The lowest BCUT2D eigenvalue weighted by atomic mass is 10.1. The van der Waals surface area contributed by atoms with Crippen LogP contribution in [0, 0.1) is 0 Å². The number of ether oxygens (including phenoxy) is 1. The van der Waals surface area contributed by atoms with E-state index in [1.54, 1.807) is 90.7 Å². The zero-order valence-corrected chi connectivity index (χ0v) is 21.0. The minimum atomic E-state index is -3.83. The van der Waals surface area contributed by atoms with E-state index < -0.39 is 19.2 Å². The molecule has 1 fully saturated rings. The number of benzene rings is 3. The quantitative estimate of drug-likeness (QED) is 0.366. The van der Waals surface area contributed by atoms with Crippen LogP contribution in [0.25, 0.3) is 5.31 Å². The first-order chi connectivity index (χ1) is 17.5. The summed E-state index contributed by atoms with van der Waals surface area (Å²) in [6.45, 7) is 3.38. The molecular weight excluding hydrogens is 475 g/mol. The van der Waals surface area contributed by atoms with Crippen molar-refractivity contribution in [3.63, 3.8) is 0 Å². The van der Waals surface area contributed by atoms with Crippen LogP contribution in [0.2, 0.25) is 0 Å². The molecule has 186 valence electrons. The Morgan fingerprint density at radius 3 is 1.94 bits per heavy atom. The van der Waals surface area contributed by atoms with Gasteiger partial charge in [-0.05, 0) is 36.8 Å². The summed E-state index contributed by atoms with van der Waals surface area (Å²) in [7, 11) is -3.83. The third kappa shape index (κ3) is 5.65. The Morgan fingerprint density at radius 2 is 1.39 bits per heavy atom. The number of hydrogen-bond donors (Lipinski definition) is 1. The topological polar surface area (TPSA) is 84.9 Å². The summed E-state index contributed by atoms with van der Waals surface area (Å²) in [5.74, 6) is -0.908. The Labute approximate surface area is 211 Å². The van der Waals surface area contributed by atoms with Gasteiger partial charge in [-0.3, -0.25) is 14.2 Å². The standard InChI is InChI=1S/C28H29N2O5P/c1-2-35-36(33,24-16-10-5-11-17-24)26(22-12-6-3-7-13-22)25(28(32)30-18-20-34-21-19-30)29-27(31)23-14-8-4-9-15-23/h3-17H,2,18-21H2,1H3,(H,29,31). The van der Waals surface area contributed by atoms with Crippen LogP contribution < -0.4 is 10.6 Å². The van der Waals surface area contributed by atoms with Crippen LogP contribution in [-0.4, -0.2) is 49.6 Å². The highest BCUT2D eigenvalue weighted by molar-refractivity contribution is 7.77. The van der Waals surface area contributed by atoms with E-state index in [0.717, 1.165) is 0 Å². The SMILES string of the molecule is CCOP(=O)(C(=C(NC(=O)c1ccccc1)C(=O)N1CCOCC1)c1ccccc1)c1ccccc1. The number of nitrogens with one attached hydrogen (secondary N) is 1. The van der Waals surface area contributed by atoms with Gasteiger partial charge in [0.1, 0.15) is 5.70 Å². The maximum Gasteiger partial charge on any atom is 0.271 e. The van der Waals surface area contributed by atoms with Gasteiger partial charge in [0.15, 0.2) is 0 Å². The van der Waals surface area contributed by atoms with Gasteiger partial charge < -0.3 is 19.5 Å². The average Bonchev–Trinajstić information content (AvgIpc) is 2.94. The Morgan fingerprint density at radius 1 is 0.861 bits per heavy atom. The van der Waals surface area contributed by atoms with E-state index in [2.05, 4.69) is 5.32 Å². The molecule has 1 atom stereocenters. The molecular formula is C28H29N2O5P. The van der Waals surface area contributed by atoms with Crippen molar-refractivity contribution < 1.29 is 23.4 Å². The first-order valence-corrected chi connectivity index (χ1v) is 13.5. The minimum Gasteiger partial charge on any atom is -0.378 e. The molecule has 0 bridgehead atoms. The summed E-state index contributed by atoms with van der Waals surface area (Å²) >= 11 is 0. The summed E-state index contributed by atoms with van der Waals surface area (Å²) in [6, 6.07) is 26.4. The highest BCUT2D eigenvalue weighted by Crippen LogP contribution is 2.59. The van der Waals surface area contributed by atoms with Crippen molar-refractivity contribution in [1.82, 2.24) is 10.2 Å². The van der Waals surface area contributed by atoms with Crippen molar-refractivity contribution in [2.75, 3.05) is 32.9 Å². The van der Waals surface area contributed by atoms with Gasteiger partial charge in [0, 0.05) is 24.0 Å². The first kappa shape index (κ1) is 25.6. The van der Waals surface area contributed by atoms with Crippen LogP contribution in [0.15, 0.2) is 96.7 Å². The molecule has 1 unspecified atom stereocenters. The van der Waals surface area contributed by atoms with Gasteiger partial charge in [0.25, 0.3) is 19.2 Å². The van der Waals surface area contributed by atoms with Crippen molar-refractivity contribution in [2.24, 2.45) is 0 Å². The molecule has 1 aliphatic rings. The van der Waals surface area contributed by atoms with Crippen molar-refractivity contribution in [3.05, 3.63) is 108 Å². The zero-order valence-electron chi connectivity index (χ0n) is 20.1. The van der Waals surface area contributed by atoms with E-state index in [9.17, 15) is 14.2 Å². The second kappa shape index (κ2) is 12.0. The minimum absolute atomic E-state index is 0.0578. The largest absolute Gasteiger partial charge is 0.378 e. The van der Waals surface area contributed by atoms with E-state index in [1.165, 1.54) is 0 Å². The number of carbonyl (C=O) groups is 2. The monoisotopic (exact) mass is 504 g/mol. The van der Waals surface area contributed by atoms with Crippen LogP contribution in [0.4, 0.5) is 0 Å². The number of carbonyl (C=O) groups excluding carboxylic acids is 2. The van der Waals surface area contributed by atoms with Crippen molar-refractivity contribution in [3.8, 4) is 0 Å². The summed E-state index contributed by atoms with van der Waals surface area (Å²) in [4.78, 5) is 28.9. The van der Waals surface area contributed by atoms with Gasteiger partial charge in [-0.15, -0.1) is 0 Å². The third-order valence-electron chi connectivity index (χ3n) is 5.77. The molecule has 2 amide bonds. The van der Waals surface area contributed by atoms with Gasteiger partial charge in [-0.2, -0.15) is 0 Å².